The Morgan fingerprint density at radius 2 is 1.44 bits per heavy atom. The summed E-state index contributed by atoms with van der Waals surface area (Å²) in [4.78, 5) is 0. The molecule has 0 fully saturated rings. The zero-order valence-corrected chi connectivity index (χ0v) is 9.27. The molecule has 0 aromatic heterocycles. The van der Waals surface area contributed by atoms with Crippen LogP contribution in [0.3, 0.4) is 0 Å². The predicted octanol–water partition coefficient (Wildman–Crippen LogP) is 4.57. The van der Waals surface area contributed by atoms with Crippen LogP contribution >= 0.6 is 0 Å². The Bertz CT molecular complexity index is 650. The lowest BCUT2D eigenvalue weighted by Crippen LogP contribution is -1.82. The van der Waals surface area contributed by atoms with Crippen LogP contribution in [0.4, 0.5) is 0 Å². The topological polar surface area (TPSA) is 0 Å². The van der Waals surface area contributed by atoms with E-state index in [1.54, 1.807) is 0 Å². The highest BCUT2D eigenvalue weighted by Crippen LogP contribution is 2.26. The summed E-state index contributed by atoms with van der Waals surface area (Å²) in [6.07, 6.45) is 2.16. The van der Waals surface area contributed by atoms with Crippen molar-refractivity contribution in [3.05, 3.63) is 66.6 Å². The van der Waals surface area contributed by atoms with Gasteiger partial charge in [0.2, 0.25) is 0 Å². The van der Waals surface area contributed by atoms with Gasteiger partial charge in [-0.25, -0.2) is 0 Å². The maximum absolute atomic E-state index is 2.28. The van der Waals surface area contributed by atoms with E-state index in [2.05, 4.69) is 67.9 Å². The molecule has 1 radical (unpaired) electrons. The Labute approximate surface area is 95.5 Å². The van der Waals surface area contributed by atoms with Crippen molar-refractivity contribution >= 4 is 21.5 Å². The first-order valence-corrected chi connectivity index (χ1v) is 5.59. The van der Waals surface area contributed by atoms with Crippen molar-refractivity contribution in [3.8, 4) is 0 Å². The second-order valence-electron chi connectivity index (χ2n) is 4.06. The molecule has 0 aliphatic carbocycles. The molecule has 0 spiro atoms. The largest absolute Gasteiger partial charge is 0.0616 e. The summed E-state index contributed by atoms with van der Waals surface area (Å²) in [5, 5.41) is 5.27. The Morgan fingerprint density at radius 1 is 0.750 bits per heavy atom. The number of fused-ring (bicyclic) bond motifs is 2. The van der Waals surface area contributed by atoms with Crippen LogP contribution in [0.1, 0.15) is 12.5 Å². The van der Waals surface area contributed by atoms with Crippen LogP contribution in [-0.2, 0) is 0 Å². The third-order valence-corrected chi connectivity index (χ3v) is 3.09. The summed E-state index contributed by atoms with van der Waals surface area (Å²) < 4.78 is 0. The lowest BCUT2D eigenvalue weighted by Gasteiger charge is -2.06. The quantitative estimate of drug-likeness (QED) is 0.511. The molecular weight excluding hydrogens is 192 g/mol. The second-order valence-corrected chi connectivity index (χ2v) is 4.06. The molecule has 0 amide bonds. The summed E-state index contributed by atoms with van der Waals surface area (Å²) in [6, 6.07) is 19.5. The molecule has 0 atom stereocenters. The highest BCUT2D eigenvalue weighted by molar-refractivity contribution is 5.99. The van der Waals surface area contributed by atoms with Crippen LogP contribution in [0.5, 0.6) is 0 Å². The molecule has 77 valence electrons. The number of hydrogen-bond acceptors (Lipinski definition) is 0. The molecule has 0 bridgehead atoms. The molecule has 0 heteroatoms. The average Bonchev–Trinajstić information content (AvgIpc) is 2.35. The molecule has 16 heavy (non-hydrogen) atoms. The molecule has 0 aliphatic rings. The van der Waals surface area contributed by atoms with Crippen molar-refractivity contribution in [2.45, 2.75) is 6.92 Å². The molecule has 0 saturated heterocycles. The Kier molecular flexibility index (Phi) is 2.14. The lowest BCUT2D eigenvalue weighted by atomic mass is 9.99. The van der Waals surface area contributed by atoms with Gasteiger partial charge in [0.25, 0.3) is 0 Å². The first-order valence-electron chi connectivity index (χ1n) is 5.59. The fourth-order valence-corrected chi connectivity index (χ4v) is 2.24. The Morgan fingerprint density at radius 3 is 2.19 bits per heavy atom. The van der Waals surface area contributed by atoms with Crippen molar-refractivity contribution < 1.29 is 0 Å². The van der Waals surface area contributed by atoms with Crippen LogP contribution in [0.2, 0.25) is 0 Å². The molecule has 0 nitrogen and oxygen atoms in total. The van der Waals surface area contributed by atoms with Gasteiger partial charge in [-0.05, 0) is 45.7 Å². The van der Waals surface area contributed by atoms with Crippen molar-refractivity contribution in [2.24, 2.45) is 0 Å². The van der Waals surface area contributed by atoms with Gasteiger partial charge in [0.1, 0.15) is 0 Å². The first-order chi connectivity index (χ1) is 7.88. The zero-order chi connectivity index (χ0) is 11.0. The third kappa shape index (κ3) is 1.38. The van der Waals surface area contributed by atoms with Gasteiger partial charge >= 0.3 is 0 Å². The Balaban J connectivity index is 2.46. The summed E-state index contributed by atoms with van der Waals surface area (Å²) in [7, 11) is 0. The predicted molar refractivity (Wildman–Crippen MR) is 70.5 cm³/mol. The monoisotopic (exact) mass is 205 g/mol. The van der Waals surface area contributed by atoms with Crippen LogP contribution in [-0.4, -0.2) is 0 Å². The minimum Gasteiger partial charge on any atom is -0.0616 e. The zero-order valence-electron chi connectivity index (χ0n) is 9.27. The van der Waals surface area contributed by atoms with Crippen LogP contribution < -0.4 is 0 Å². The second kappa shape index (κ2) is 3.64. The van der Waals surface area contributed by atoms with Crippen LogP contribution in [0.15, 0.2) is 54.6 Å². The van der Waals surface area contributed by atoms with Gasteiger partial charge in [0.15, 0.2) is 0 Å². The lowest BCUT2D eigenvalue weighted by molar-refractivity contribution is 1.47. The van der Waals surface area contributed by atoms with Gasteiger partial charge in [0.05, 0.1) is 0 Å². The van der Waals surface area contributed by atoms with Gasteiger partial charge in [-0.2, -0.15) is 0 Å². The van der Waals surface area contributed by atoms with Gasteiger partial charge in [-0.1, -0.05) is 49.4 Å². The van der Waals surface area contributed by atoms with Crippen molar-refractivity contribution in [1.29, 1.82) is 0 Å². The highest BCUT2D eigenvalue weighted by atomic mass is 14.0. The molecule has 3 rings (SSSR count). The SMILES string of the molecule is C[CH]c1cccc2cc3ccccc3cc12. The minimum atomic E-state index is 1.31. The first kappa shape index (κ1) is 9.41. The molecule has 0 saturated carbocycles. The van der Waals surface area contributed by atoms with E-state index in [9.17, 15) is 0 Å². The molecule has 3 aromatic carbocycles. The molecule has 0 N–H and O–H groups in total. The molecule has 0 heterocycles. The third-order valence-electron chi connectivity index (χ3n) is 3.09. The van der Waals surface area contributed by atoms with E-state index in [1.807, 2.05) is 0 Å². The number of hydrogen-bond donors (Lipinski definition) is 0. The maximum Gasteiger partial charge on any atom is -0.0118 e. The highest BCUT2D eigenvalue weighted by Gasteiger charge is 2.01. The van der Waals surface area contributed by atoms with Gasteiger partial charge in [0, 0.05) is 0 Å². The Hall–Kier alpha value is -1.82. The summed E-state index contributed by atoms with van der Waals surface area (Å²) in [5.41, 5.74) is 1.31. The van der Waals surface area contributed by atoms with E-state index in [-0.39, 0.29) is 0 Å². The number of benzene rings is 3. The minimum absolute atomic E-state index is 1.31. The van der Waals surface area contributed by atoms with Gasteiger partial charge < -0.3 is 0 Å². The fourth-order valence-electron chi connectivity index (χ4n) is 2.24. The van der Waals surface area contributed by atoms with E-state index in [0.29, 0.717) is 0 Å². The summed E-state index contributed by atoms with van der Waals surface area (Å²) in [5.74, 6) is 0. The van der Waals surface area contributed by atoms with Crippen molar-refractivity contribution in [2.75, 3.05) is 0 Å². The van der Waals surface area contributed by atoms with E-state index in [0.717, 1.165) is 0 Å². The van der Waals surface area contributed by atoms with Gasteiger partial charge in [-0.3, -0.25) is 0 Å². The van der Waals surface area contributed by atoms with E-state index in [1.165, 1.54) is 27.1 Å². The fraction of sp³-hybridized carbons (Fsp3) is 0.0625. The van der Waals surface area contributed by atoms with Crippen LogP contribution in [0, 0.1) is 6.42 Å². The van der Waals surface area contributed by atoms with Crippen molar-refractivity contribution in [1.82, 2.24) is 0 Å². The van der Waals surface area contributed by atoms with E-state index >= 15 is 0 Å². The van der Waals surface area contributed by atoms with Crippen LogP contribution in [0.25, 0.3) is 21.5 Å². The molecule has 3 aromatic rings. The molecule has 0 unspecified atom stereocenters. The molecular formula is C16H13. The standard InChI is InChI=1S/C16H13/c1-2-12-8-5-9-15-10-13-6-3-4-7-14(13)11-16(12)15/h2-11H,1H3. The average molecular weight is 205 g/mol. The van der Waals surface area contributed by atoms with E-state index < -0.39 is 0 Å². The molecule has 0 aliphatic heterocycles. The van der Waals surface area contributed by atoms with E-state index in [4.69, 9.17) is 0 Å². The van der Waals surface area contributed by atoms with Gasteiger partial charge in [-0.15, -0.1) is 0 Å². The normalized spacial score (nSPS) is 11.1. The number of rotatable bonds is 1. The summed E-state index contributed by atoms with van der Waals surface area (Å²) in [6.45, 7) is 2.09. The van der Waals surface area contributed by atoms with Crippen molar-refractivity contribution in [3.63, 3.8) is 0 Å². The maximum atomic E-state index is 2.28. The summed E-state index contributed by atoms with van der Waals surface area (Å²) >= 11 is 0. The smallest absolute Gasteiger partial charge is 0.0118 e.